The van der Waals surface area contributed by atoms with Crippen LogP contribution in [0.3, 0.4) is 0 Å². The summed E-state index contributed by atoms with van der Waals surface area (Å²) in [7, 11) is 1.27. The van der Waals surface area contributed by atoms with Gasteiger partial charge in [-0.2, -0.15) is 0 Å². The first-order valence-corrected chi connectivity index (χ1v) is 16.2. The van der Waals surface area contributed by atoms with Crippen molar-refractivity contribution < 1.29 is 53.5 Å². The molecule has 0 saturated carbocycles. The van der Waals surface area contributed by atoms with E-state index in [9.17, 15) is 39.3 Å². The number of carbonyl (C=O) groups is 5. The lowest BCUT2D eigenvalue weighted by Crippen LogP contribution is -2.21. The van der Waals surface area contributed by atoms with Gasteiger partial charge in [0, 0.05) is 30.3 Å². The summed E-state index contributed by atoms with van der Waals surface area (Å²) in [5, 5.41) is 31.0. The minimum absolute atomic E-state index is 0. The molecule has 1 aliphatic rings. The van der Waals surface area contributed by atoms with Crippen molar-refractivity contribution in [1.82, 2.24) is 9.97 Å². The molecule has 2 aromatic carbocycles. The smallest absolute Gasteiger partial charge is 0.340 e. The van der Waals surface area contributed by atoms with Crippen LogP contribution in [0.4, 0.5) is 5.69 Å². The minimum atomic E-state index is -1.26. The predicted octanol–water partition coefficient (Wildman–Crippen LogP) is 6.34. The molecule has 5 rings (SSSR count). The summed E-state index contributed by atoms with van der Waals surface area (Å²) >= 11 is 0. The molecule has 1 amide bonds. The number of halogens is 1. The Kier molecular flexibility index (Phi) is 14.2. The zero-order valence-corrected chi connectivity index (χ0v) is 30.8. The van der Waals surface area contributed by atoms with Gasteiger partial charge in [-0.25, -0.2) is 19.2 Å². The zero-order valence-electron chi connectivity index (χ0n) is 29.9. The van der Waals surface area contributed by atoms with Gasteiger partial charge in [0.1, 0.15) is 12.4 Å². The SMILES string of the molecule is COC(=O)c1c(C)nc(C)c(C(=O)OCC2CCCO2)c1-c1cccc(NC(C)=O)c1.Cc1nc(C)c(C(=O)O)c(-c2cccc(O)c2)c1C(=O)O.Cl. The van der Waals surface area contributed by atoms with Gasteiger partial charge in [0.05, 0.1) is 58.2 Å². The van der Waals surface area contributed by atoms with E-state index < -0.39 is 23.9 Å². The average Bonchev–Trinajstić information content (AvgIpc) is 3.60. The number of ether oxygens (including phenoxy) is 3. The number of pyridine rings is 2. The number of esters is 2. The highest BCUT2D eigenvalue weighted by atomic mass is 35.5. The van der Waals surface area contributed by atoms with E-state index in [-0.39, 0.29) is 76.0 Å². The molecular formula is C38H40ClN3O11. The van der Waals surface area contributed by atoms with Crippen LogP contribution < -0.4 is 5.32 Å². The number of phenols is 1. The molecule has 280 valence electrons. The fraction of sp³-hybridized carbons (Fsp3) is 0.289. The maximum absolute atomic E-state index is 13.1. The number of hydrogen-bond donors (Lipinski definition) is 4. The van der Waals surface area contributed by atoms with Crippen molar-refractivity contribution in [3.8, 4) is 28.0 Å². The lowest BCUT2D eigenvalue weighted by Gasteiger charge is -2.19. The Morgan fingerprint density at radius 3 is 1.79 bits per heavy atom. The van der Waals surface area contributed by atoms with Gasteiger partial charge in [0.25, 0.3) is 0 Å². The van der Waals surface area contributed by atoms with Crippen LogP contribution in [0, 0.1) is 27.7 Å². The fourth-order valence-electron chi connectivity index (χ4n) is 6.04. The van der Waals surface area contributed by atoms with Crippen LogP contribution >= 0.6 is 12.4 Å². The Morgan fingerprint density at radius 2 is 1.30 bits per heavy atom. The topological polar surface area (TPSA) is 212 Å². The number of aryl methyl sites for hydroxylation is 4. The third kappa shape index (κ3) is 9.73. The average molecular weight is 750 g/mol. The number of anilines is 1. The van der Waals surface area contributed by atoms with Crippen LogP contribution in [0.1, 0.15) is 84.0 Å². The number of aromatic carboxylic acids is 2. The molecule has 3 heterocycles. The number of carboxylic acid groups (broad SMARTS) is 2. The zero-order chi connectivity index (χ0) is 38.3. The lowest BCUT2D eigenvalue weighted by atomic mass is 9.92. The largest absolute Gasteiger partial charge is 0.508 e. The van der Waals surface area contributed by atoms with Crippen LogP contribution in [-0.4, -0.2) is 81.5 Å². The molecule has 0 radical (unpaired) electrons. The molecule has 15 heteroatoms. The summed E-state index contributed by atoms with van der Waals surface area (Å²) in [6.07, 6.45) is 1.63. The van der Waals surface area contributed by atoms with Crippen molar-refractivity contribution in [2.24, 2.45) is 0 Å². The van der Waals surface area contributed by atoms with Crippen molar-refractivity contribution in [3.05, 3.63) is 93.6 Å². The Hall–Kier alpha value is -5.86. The van der Waals surface area contributed by atoms with Crippen LogP contribution in [0.2, 0.25) is 0 Å². The molecule has 1 atom stereocenters. The van der Waals surface area contributed by atoms with Crippen LogP contribution in [0.15, 0.2) is 48.5 Å². The highest BCUT2D eigenvalue weighted by Crippen LogP contribution is 2.35. The number of aromatic hydroxyl groups is 1. The van der Waals surface area contributed by atoms with E-state index >= 15 is 0 Å². The summed E-state index contributed by atoms with van der Waals surface area (Å²) in [6, 6.07) is 12.7. The summed E-state index contributed by atoms with van der Waals surface area (Å²) < 4.78 is 16.0. The van der Waals surface area contributed by atoms with Gasteiger partial charge in [-0.05, 0) is 75.9 Å². The van der Waals surface area contributed by atoms with Crippen LogP contribution in [0.5, 0.6) is 5.75 Å². The maximum Gasteiger partial charge on any atom is 0.340 e. The molecule has 1 fully saturated rings. The molecule has 4 aromatic rings. The molecule has 1 unspecified atom stereocenters. The Balaban J connectivity index is 0.000000301. The van der Waals surface area contributed by atoms with E-state index in [0.29, 0.717) is 40.4 Å². The standard InChI is InChI=1S/C23H26N2O6.C15H13NO5.ClH/c1-13-19(22(27)29-4)21(16-7-5-8-17(11-16)25-15(3)26)20(14(2)24-13)23(28)31-12-18-9-6-10-30-18;1-7-11(14(18)19)13(9-4-3-5-10(17)6-9)12(15(20)21)8(2)16-7;/h5,7-8,11,18H,6,9-10,12H2,1-4H3,(H,25,26);3-6,17H,1-2H3,(H,18,19)(H,20,21);1H. The molecule has 0 bridgehead atoms. The van der Waals surface area contributed by atoms with E-state index in [1.807, 2.05) is 0 Å². The van der Waals surface area contributed by atoms with Crippen LogP contribution in [-0.2, 0) is 19.0 Å². The van der Waals surface area contributed by atoms with E-state index in [2.05, 4.69) is 15.3 Å². The van der Waals surface area contributed by atoms with Gasteiger partial charge in [0.2, 0.25) is 5.91 Å². The molecule has 2 aromatic heterocycles. The van der Waals surface area contributed by atoms with Gasteiger partial charge < -0.3 is 34.8 Å². The second-order valence-electron chi connectivity index (χ2n) is 12.0. The molecule has 0 aliphatic carbocycles. The maximum atomic E-state index is 13.1. The number of nitrogens with zero attached hydrogens (tertiary/aromatic N) is 2. The number of nitrogens with one attached hydrogen (secondary N) is 1. The first kappa shape index (κ1) is 41.6. The normalized spacial score (nSPS) is 13.1. The molecule has 0 spiro atoms. The monoisotopic (exact) mass is 749 g/mol. The quantitative estimate of drug-likeness (QED) is 0.138. The number of rotatable bonds is 9. The summed E-state index contributed by atoms with van der Waals surface area (Å²) in [6.45, 7) is 8.58. The third-order valence-electron chi connectivity index (χ3n) is 8.17. The van der Waals surface area contributed by atoms with E-state index in [0.717, 1.165) is 12.8 Å². The number of aromatic nitrogens is 2. The van der Waals surface area contributed by atoms with E-state index in [1.54, 1.807) is 44.2 Å². The van der Waals surface area contributed by atoms with Crippen molar-refractivity contribution in [3.63, 3.8) is 0 Å². The second-order valence-corrected chi connectivity index (χ2v) is 12.0. The van der Waals surface area contributed by atoms with Crippen molar-refractivity contribution >= 4 is 47.9 Å². The predicted molar refractivity (Wildman–Crippen MR) is 196 cm³/mol. The van der Waals surface area contributed by atoms with Crippen LogP contribution in [0.25, 0.3) is 22.3 Å². The number of phenolic OH excluding ortho intramolecular Hbond substituents is 1. The van der Waals surface area contributed by atoms with Crippen molar-refractivity contribution in [2.45, 2.75) is 53.6 Å². The Morgan fingerprint density at radius 1 is 0.792 bits per heavy atom. The number of carboxylic acids is 2. The molecule has 1 aliphatic heterocycles. The fourth-order valence-corrected chi connectivity index (χ4v) is 6.04. The van der Waals surface area contributed by atoms with Gasteiger partial charge >= 0.3 is 23.9 Å². The molecular weight excluding hydrogens is 710 g/mol. The Labute approximate surface area is 311 Å². The second kappa shape index (κ2) is 18.1. The summed E-state index contributed by atoms with van der Waals surface area (Å²) in [5.74, 6) is -4.04. The van der Waals surface area contributed by atoms with E-state index in [4.69, 9.17) is 14.2 Å². The molecule has 14 nitrogen and oxygen atoms in total. The van der Waals surface area contributed by atoms with Crippen molar-refractivity contribution in [1.29, 1.82) is 0 Å². The highest BCUT2D eigenvalue weighted by molar-refractivity contribution is 6.08. The highest BCUT2D eigenvalue weighted by Gasteiger charge is 2.29. The summed E-state index contributed by atoms with van der Waals surface area (Å²) in [4.78, 5) is 68.6. The number of hydrogen-bond acceptors (Lipinski definition) is 11. The number of amides is 1. The number of carbonyl (C=O) groups excluding carboxylic acids is 3. The minimum Gasteiger partial charge on any atom is -0.508 e. The first-order valence-electron chi connectivity index (χ1n) is 16.2. The lowest BCUT2D eigenvalue weighted by molar-refractivity contribution is -0.114. The van der Waals surface area contributed by atoms with E-state index in [1.165, 1.54) is 46.1 Å². The number of benzene rings is 2. The van der Waals surface area contributed by atoms with Gasteiger partial charge in [-0.3, -0.25) is 14.8 Å². The van der Waals surface area contributed by atoms with Gasteiger partial charge in [0.15, 0.2) is 0 Å². The first-order chi connectivity index (χ1) is 24.6. The number of methoxy groups -OCH3 is 1. The molecule has 1 saturated heterocycles. The molecule has 4 N–H and O–H groups in total. The summed E-state index contributed by atoms with van der Waals surface area (Å²) in [5.41, 5.74) is 3.15. The van der Waals surface area contributed by atoms with Crippen molar-refractivity contribution in [2.75, 3.05) is 25.6 Å². The molecule has 53 heavy (non-hydrogen) atoms. The van der Waals surface area contributed by atoms with Gasteiger partial charge in [-0.15, -0.1) is 12.4 Å². The van der Waals surface area contributed by atoms with Gasteiger partial charge in [-0.1, -0.05) is 24.3 Å². The third-order valence-corrected chi connectivity index (χ3v) is 8.17. The Bertz CT molecular complexity index is 2020.